The number of alkyl halides is 6. The van der Waals surface area contributed by atoms with Crippen LogP contribution in [0.4, 0.5) is 26.3 Å². The van der Waals surface area contributed by atoms with Crippen molar-refractivity contribution in [2.75, 3.05) is 0 Å². The zero-order valence-electron chi connectivity index (χ0n) is 19.3. The maximum atomic E-state index is 13.8. The lowest BCUT2D eigenvalue weighted by Gasteiger charge is -2.22. The van der Waals surface area contributed by atoms with E-state index in [4.69, 9.17) is 0 Å². The summed E-state index contributed by atoms with van der Waals surface area (Å²) in [4.78, 5) is 17.1. The third kappa shape index (κ3) is 6.29. The zero-order valence-corrected chi connectivity index (χ0v) is 19.3. The standard InChI is InChI=1S/C27H25F6NO/c1-3-17-7-5-8-18(4-2)22(17)15-21(35)16-23(19-10-12-20(13-11-19)26(28,29)30)25-24(27(31,32)33)9-6-14-34-25/h5-14,23H,3-4,15-16H2,1-2H3/t23-/m0/s1. The highest BCUT2D eigenvalue weighted by molar-refractivity contribution is 5.83. The topological polar surface area (TPSA) is 30.0 Å². The highest BCUT2D eigenvalue weighted by atomic mass is 19.4. The van der Waals surface area contributed by atoms with E-state index in [-0.39, 0.29) is 29.9 Å². The zero-order chi connectivity index (χ0) is 25.8. The Morgan fingerprint density at radius 1 is 0.829 bits per heavy atom. The van der Waals surface area contributed by atoms with Gasteiger partial charge in [0.25, 0.3) is 0 Å². The van der Waals surface area contributed by atoms with E-state index in [0.717, 1.165) is 53.1 Å². The number of pyridine rings is 1. The lowest BCUT2D eigenvalue weighted by atomic mass is 9.85. The van der Waals surface area contributed by atoms with E-state index < -0.39 is 29.4 Å². The van der Waals surface area contributed by atoms with Gasteiger partial charge in [0, 0.05) is 25.0 Å². The van der Waals surface area contributed by atoms with E-state index in [0.29, 0.717) is 12.8 Å². The maximum Gasteiger partial charge on any atom is 0.418 e. The molecule has 0 amide bonds. The van der Waals surface area contributed by atoms with Gasteiger partial charge in [-0.25, -0.2) is 0 Å². The van der Waals surface area contributed by atoms with Crippen LogP contribution in [-0.4, -0.2) is 10.8 Å². The molecule has 8 heteroatoms. The largest absolute Gasteiger partial charge is 0.418 e. The Balaban J connectivity index is 2.03. The van der Waals surface area contributed by atoms with Crippen LogP contribution >= 0.6 is 0 Å². The van der Waals surface area contributed by atoms with Crippen LogP contribution in [0.5, 0.6) is 0 Å². The van der Waals surface area contributed by atoms with E-state index in [1.54, 1.807) is 0 Å². The molecule has 0 saturated heterocycles. The van der Waals surface area contributed by atoms with Gasteiger partial charge in [-0.2, -0.15) is 26.3 Å². The molecule has 0 aliphatic carbocycles. The molecule has 0 saturated carbocycles. The van der Waals surface area contributed by atoms with Crippen LogP contribution in [-0.2, 0) is 36.4 Å². The number of halogens is 6. The number of hydrogen-bond donors (Lipinski definition) is 0. The van der Waals surface area contributed by atoms with Crippen LogP contribution in [0, 0.1) is 0 Å². The highest BCUT2D eigenvalue weighted by Crippen LogP contribution is 2.39. The van der Waals surface area contributed by atoms with Crippen molar-refractivity contribution >= 4 is 5.78 Å². The van der Waals surface area contributed by atoms with Crippen molar-refractivity contribution < 1.29 is 31.1 Å². The first-order chi connectivity index (χ1) is 16.5. The summed E-state index contributed by atoms with van der Waals surface area (Å²) < 4.78 is 80.4. The SMILES string of the molecule is CCc1cccc(CC)c1CC(=O)C[C@@H](c1ccc(C(F)(F)F)cc1)c1ncccc1C(F)(F)F. The minimum atomic E-state index is -4.74. The van der Waals surface area contributed by atoms with Gasteiger partial charge in [-0.05, 0) is 59.4 Å². The van der Waals surface area contributed by atoms with Crippen molar-refractivity contribution in [1.82, 2.24) is 4.98 Å². The quantitative estimate of drug-likeness (QED) is 0.303. The number of carbonyl (C=O) groups excluding carboxylic acids is 1. The molecule has 2 aromatic carbocycles. The number of benzene rings is 2. The van der Waals surface area contributed by atoms with E-state index in [1.165, 1.54) is 6.20 Å². The molecule has 0 spiro atoms. The number of aryl methyl sites for hydroxylation is 2. The van der Waals surface area contributed by atoms with Gasteiger partial charge in [0.05, 0.1) is 16.8 Å². The Labute approximate surface area is 200 Å². The van der Waals surface area contributed by atoms with Crippen LogP contribution in [0.15, 0.2) is 60.8 Å². The van der Waals surface area contributed by atoms with Gasteiger partial charge >= 0.3 is 12.4 Å². The smallest absolute Gasteiger partial charge is 0.299 e. The first-order valence-corrected chi connectivity index (χ1v) is 11.3. The molecule has 3 rings (SSSR count). The molecular weight excluding hydrogens is 468 g/mol. The summed E-state index contributed by atoms with van der Waals surface area (Å²) in [6.07, 6.45) is -7.05. The van der Waals surface area contributed by atoms with Crippen molar-refractivity contribution in [3.05, 3.63) is 99.9 Å². The summed E-state index contributed by atoms with van der Waals surface area (Å²) in [5.41, 5.74) is 0.664. The molecule has 1 aromatic heterocycles. The van der Waals surface area contributed by atoms with Crippen molar-refractivity contribution in [2.45, 2.75) is 57.8 Å². The van der Waals surface area contributed by atoms with E-state index in [2.05, 4.69) is 4.98 Å². The second-order valence-corrected chi connectivity index (χ2v) is 8.29. The van der Waals surface area contributed by atoms with Gasteiger partial charge in [0.2, 0.25) is 0 Å². The summed E-state index contributed by atoms with van der Waals surface area (Å²) in [6, 6.07) is 11.6. The Hall–Kier alpha value is -3.16. The number of carbonyl (C=O) groups is 1. The number of aromatic nitrogens is 1. The Kier molecular flexibility index (Phi) is 8.03. The van der Waals surface area contributed by atoms with Gasteiger partial charge in [0.15, 0.2) is 0 Å². The number of ketones is 1. The third-order valence-corrected chi connectivity index (χ3v) is 6.05. The van der Waals surface area contributed by atoms with Crippen molar-refractivity contribution in [3.63, 3.8) is 0 Å². The van der Waals surface area contributed by atoms with Gasteiger partial charge < -0.3 is 0 Å². The van der Waals surface area contributed by atoms with E-state index in [9.17, 15) is 31.1 Å². The first kappa shape index (κ1) is 26.4. The van der Waals surface area contributed by atoms with E-state index in [1.807, 2.05) is 32.0 Å². The Morgan fingerprint density at radius 2 is 1.43 bits per heavy atom. The number of Topliss-reactive ketones (excluding diaryl/α,β-unsaturated/α-hetero) is 1. The molecule has 0 N–H and O–H groups in total. The lowest BCUT2D eigenvalue weighted by molar-refractivity contribution is -0.139. The predicted octanol–water partition coefficient (Wildman–Crippen LogP) is 7.58. The maximum absolute atomic E-state index is 13.8. The summed E-state index contributed by atoms with van der Waals surface area (Å²) in [6.45, 7) is 3.91. The van der Waals surface area contributed by atoms with Crippen molar-refractivity contribution in [2.24, 2.45) is 0 Å². The van der Waals surface area contributed by atoms with Crippen LogP contribution in [0.3, 0.4) is 0 Å². The molecule has 35 heavy (non-hydrogen) atoms. The molecule has 3 aromatic rings. The summed E-state index contributed by atoms with van der Waals surface area (Å²) in [5.74, 6) is -1.47. The Morgan fingerprint density at radius 3 is 1.94 bits per heavy atom. The molecule has 0 bridgehead atoms. The highest BCUT2D eigenvalue weighted by Gasteiger charge is 2.37. The lowest BCUT2D eigenvalue weighted by Crippen LogP contribution is -2.18. The molecule has 0 radical (unpaired) electrons. The van der Waals surface area contributed by atoms with Crippen LogP contribution in [0.1, 0.15) is 65.3 Å². The molecule has 186 valence electrons. The molecule has 0 unspecified atom stereocenters. The van der Waals surface area contributed by atoms with Gasteiger partial charge in [-0.3, -0.25) is 9.78 Å². The summed E-state index contributed by atoms with van der Waals surface area (Å²) in [7, 11) is 0. The molecule has 0 fully saturated rings. The summed E-state index contributed by atoms with van der Waals surface area (Å²) >= 11 is 0. The van der Waals surface area contributed by atoms with Gasteiger partial charge in [-0.1, -0.05) is 44.2 Å². The van der Waals surface area contributed by atoms with Crippen LogP contribution < -0.4 is 0 Å². The van der Waals surface area contributed by atoms with Gasteiger partial charge in [-0.15, -0.1) is 0 Å². The Bertz CT molecular complexity index is 1140. The fourth-order valence-electron chi connectivity index (χ4n) is 4.29. The molecular formula is C27H25F6NO. The van der Waals surface area contributed by atoms with E-state index >= 15 is 0 Å². The molecule has 1 atom stereocenters. The molecule has 2 nitrogen and oxygen atoms in total. The molecule has 0 aliphatic heterocycles. The average Bonchev–Trinajstić information content (AvgIpc) is 2.81. The molecule has 1 heterocycles. The fraction of sp³-hybridized carbons (Fsp3) is 0.333. The number of rotatable bonds is 8. The second kappa shape index (κ2) is 10.6. The monoisotopic (exact) mass is 493 g/mol. The first-order valence-electron chi connectivity index (χ1n) is 11.3. The average molecular weight is 493 g/mol. The molecule has 0 aliphatic rings. The van der Waals surface area contributed by atoms with Crippen LogP contribution in [0.2, 0.25) is 0 Å². The summed E-state index contributed by atoms with van der Waals surface area (Å²) in [5, 5.41) is 0. The number of nitrogens with zero attached hydrogens (tertiary/aromatic N) is 1. The normalized spacial score (nSPS) is 13.0. The fourth-order valence-corrected chi connectivity index (χ4v) is 4.29. The minimum absolute atomic E-state index is 0.0263. The minimum Gasteiger partial charge on any atom is -0.299 e. The van der Waals surface area contributed by atoms with Crippen molar-refractivity contribution in [1.29, 1.82) is 0 Å². The number of hydrogen-bond acceptors (Lipinski definition) is 2. The second-order valence-electron chi connectivity index (χ2n) is 8.29. The van der Waals surface area contributed by atoms with Gasteiger partial charge in [0.1, 0.15) is 5.78 Å². The third-order valence-electron chi connectivity index (χ3n) is 6.05. The van der Waals surface area contributed by atoms with Crippen LogP contribution in [0.25, 0.3) is 0 Å². The predicted molar refractivity (Wildman–Crippen MR) is 121 cm³/mol. The van der Waals surface area contributed by atoms with Crippen molar-refractivity contribution in [3.8, 4) is 0 Å².